The van der Waals surface area contributed by atoms with E-state index in [9.17, 15) is 13.2 Å². The van der Waals surface area contributed by atoms with Gasteiger partial charge in [-0.2, -0.15) is 4.99 Å². The van der Waals surface area contributed by atoms with Crippen molar-refractivity contribution < 1.29 is 13.2 Å². The molecule has 2 saturated heterocycles. The van der Waals surface area contributed by atoms with Gasteiger partial charge in [-0.3, -0.25) is 4.79 Å². The van der Waals surface area contributed by atoms with Crippen LogP contribution in [0.1, 0.15) is 32.6 Å². The zero-order chi connectivity index (χ0) is 14.8. The van der Waals surface area contributed by atoms with Gasteiger partial charge >= 0.3 is 0 Å². The quantitative estimate of drug-likeness (QED) is 0.726. The first-order valence-electron chi connectivity index (χ1n) is 7.67. The number of sulfone groups is 1. The molecular weight excluding hydrogens is 308 g/mol. The molecule has 2 aliphatic heterocycles. The number of fused-ring (bicyclic) bond motifs is 3. The Hall–Kier alpha value is -0.560. The summed E-state index contributed by atoms with van der Waals surface area (Å²) in [5, 5.41) is 0.845. The van der Waals surface area contributed by atoms with Crippen LogP contribution in [0.2, 0.25) is 0 Å². The minimum Gasteiger partial charge on any atom is -0.343 e. The van der Waals surface area contributed by atoms with E-state index in [0.717, 1.165) is 17.5 Å². The summed E-state index contributed by atoms with van der Waals surface area (Å²) in [5.74, 6) is 1.73. The van der Waals surface area contributed by atoms with Crippen LogP contribution in [0.15, 0.2) is 4.99 Å². The summed E-state index contributed by atoms with van der Waals surface area (Å²) in [6.45, 7) is 1.47. The van der Waals surface area contributed by atoms with Gasteiger partial charge in [-0.1, -0.05) is 18.2 Å². The number of hydrogen-bond acceptors (Lipinski definition) is 4. The lowest BCUT2D eigenvalue weighted by Gasteiger charge is -2.36. The molecule has 5 nitrogen and oxygen atoms in total. The average molecular weight is 328 g/mol. The highest BCUT2D eigenvalue weighted by Gasteiger charge is 2.54. The third kappa shape index (κ3) is 2.32. The van der Waals surface area contributed by atoms with Gasteiger partial charge < -0.3 is 4.90 Å². The van der Waals surface area contributed by atoms with Crippen molar-refractivity contribution in [3.8, 4) is 0 Å². The summed E-state index contributed by atoms with van der Waals surface area (Å²) in [6.07, 6.45) is 4.97. The molecule has 5 atom stereocenters. The van der Waals surface area contributed by atoms with E-state index < -0.39 is 9.84 Å². The average Bonchev–Trinajstić information content (AvgIpc) is 3.07. The van der Waals surface area contributed by atoms with Crippen molar-refractivity contribution in [3.63, 3.8) is 0 Å². The Morgan fingerprint density at radius 3 is 2.67 bits per heavy atom. The van der Waals surface area contributed by atoms with E-state index in [-0.39, 0.29) is 28.7 Å². The normalized spacial score (nSPS) is 45.5. The van der Waals surface area contributed by atoms with Gasteiger partial charge in [0.15, 0.2) is 15.0 Å². The molecule has 0 N–H and O–H groups in total. The summed E-state index contributed by atoms with van der Waals surface area (Å²) in [6, 6.07) is 0.431. The lowest BCUT2D eigenvalue weighted by molar-refractivity contribution is -0.115. The summed E-state index contributed by atoms with van der Waals surface area (Å²) in [4.78, 5) is 17.8. The molecule has 1 amide bonds. The smallest absolute Gasteiger partial charge is 0.244 e. The fourth-order valence-electron chi connectivity index (χ4n) is 4.67. The third-order valence-electron chi connectivity index (χ3n) is 5.42. The van der Waals surface area contributed by atoms with Crippen molar-refractivity contribution in [2.24, 2.45) is 16.8 Å². The lowest BCUT2D eigenvalue weighted by atomic mass is 9.93. The standard InChI is InChI=1S/C14H20N2O3S2/c1-8(17)15-14-16(11-5-9-2-3-10(11)4-9)12-6-21(18,19)7-13(12)20-14/h9-13H,2-7H2,1H3/t9-,10-,11+,12+,13-/m0/s1. The monoisotopic (exact) mass is 328 g/mol. The van der Waals surface area contributed by atoms with Crippen LogP contribution in [-0.4, -0.2) is 53.2 Å². The number of amidine groups is 1. The first-order valence-corrected chi connectivity index (χ1v) is 10.4. The van der Waals surface area contributed by atoms with Crippen LogP contribution >= 0.6 is 11.8 Å². The SMILES string of the molecule is CC(=O)N=C1S[C@H]2CS(=O)(=O)C[C@H]2N1[C@@H]1C[C@H]2CC[C@H]1C2. The maximum absolute atomic E-state index is 11.9. The summed E-state index contributed by atoms with van der Waals surface area (Å²) in [5.41, 5.74) is 0. The second kappa shape index (κ2) is 4.72. The Morgan fingerprint density at radius 1 is 1.24 bits per heavy atom. The van der Waals surface area contributed by atoms with E-state index >= 15 is 0 Å². The van der Waals surface area contributed by atoms with Crippen molar-refractivity contribution in [3.05, 3.63) is 0 Å². The first kappa shape index (κ1) is 14.1. The van der Waals surface area contributed by atoms with Gasteiger partial charge in [-0.05, 0) is 31.1 Å². The fourth-order valence-corrected chi connectivity index (χ4v) is 8.68. The molecule has 7 heteroatoms. The molecule has 2 heterocycles. The van der Waals surface area contributed by atoms with E-state index in [0.29, 0.717) is 12.0 Å². The van der Waals surface area contributed by atoms with Crippen LogP contribution < -0.4 is 0 Å². The molecule has 0 aromatic rings. The van der Waals surface area contributed by atoms with Gasteiger partial charge in [0.05, 0.1) is 17.5 Å². The molecule has 4 fully saturated rings. The van der Waals surface area contributed by atoms with Crippen molar-refractivity contribution in [1.82, 2.24) is 4.90 Å². The van der Waals surface area contributed by atoms with Crippen LogP contribution in [0.4, 0.5) is 0 Å². The van der Waals surface area contributed by atoms with Crippen molar-refractivity contribution in [1.29, 1.82) is 0 Å². The number of rotatable bonds is 1. The van der Waals surface area contributed by atoms with Gasteiger partial charge in [-0.15, -0.1) is 0 Å². The number of nitrogens with zero attached hydrogens (tertiary/aromatic N) is 2. The van der Waals surface area contributed by atoms with Crippen LogP contribution in [0.25, 0.3) is 0 Å². The number of carbonyl (C=O) groups is 1. The van der Waals surface area contributed by atoms with Gasteiger partial charge in [0.25, 0.3) is 0 Å². The molecule has 0 spiro atoms. The zero-order valence-electron chi connectivity index (χ0n) is 12.1. The molecule has 2 saturated carbocycles. The second-order valence-corrected chi connectivity index (χ2v) is 10.2. The van der Waals surface area contributed by atoms with Gasteiger partial charge in [-0.25, -0.2) is 8.42 Å². The zero-order valence-corrected chi connectivity index (χ0v) is 13.7. The molecule has 2 aliphatic carbocycles. The number of aliphatic imine (C=N–C) groups is 1. The lowest BCUT2D eigenvalue weighted by Crippen LogP contribution is -2.47. The van der Waals surface area contributed by atoms with Gasteiger partial charge in [0.2, 0.25) is 5.91 Å². The predicted octanol–water partition coefficient (Wildman–Crippen LogP) is 1.29. The summed E-state index contributed by atoms with van der Waals surface area (Å²) >= 11 is 1.51. The Bertz CT molecular complexity index is 616. The third-order valence-corrected chi connectivity index (χ3v) is 8.64. The van der Waals surface area contributed by atoms with Crippen LogP contribution in [0, 0.1) is 11.8 Å². The molecule has 0 aromatic heterocycles. The molecule has 0 unspecified atom stereocenters. The molecular formula is C14H20N2O3S2. The molecule has 21 heavy (non-hydrogen) atoms. The summed E-state index contributed by atoms with van der Waals surface area (Å²) in [7, 11) is -2.94. The van der Waals surface area contributed by atoms with E-state index in [2.05, 4.69) is 9.89 Å². The molecule has 0 radical (unpaired) electrons. The van der Waals surface area contributed by atoms with Crippen LogP contribution in [-0.2, 0) is 14.6 Å². The number of carbonyl (C=O) groups excluding carboxylic acids is 1. The molecule has 116 valence electrons. The first-order chi connectivity index (χ1) is 9.93. The minimum absolute atomic E-state index is 0.0300. The molecule has 2 bridgehead atoms. The van der Waals surface area contributed by atoms with E-state index in [4.69, 9.17) is 0 Å². The highest BCUT2D eigenvalue weighted by Crippen LogP contribution is 2.51. The van der Waals surface area contributed by atoms with Crippen molar-refractivity contribution >= 4 is 32.7 Å². The van der Waals surface area contributed by atoms with Crippen LogP contribution in [0.3, 0.4) is 0 Å². The van der Waals surface area contributed by atoms with E-state index in [1.54, 1.807) is 0 Å². The Kier molecular flexibility index (Phi) is 3.16. The van der Waals surface area contributed by atoms with Crippen LogP contribution in [0.5, 0.6) is 0 Å². The molecule has 4 rings (SSSR count). The Balaban J connectivity index is 1.67. The van der Waals surface area contributed by atoms with Gasteiger partial charge in [0, 0.05) is 18.2 Å². The van der Waals surface area contributed by atoms with Gasteiger partial charge in [0.1, 0.15) is 0 Å². The number of hydrogen-bond donors (Lipinski definition) is 0. The largest absolute Gasteiger partial charge is 0.343 e. The Morgan fingerprint density at radius 2 is 2.05 bits per heavy atom. The minimum atomic E-state index is -2.94. The van der Waals surface area contributed by atoms with E-state index in [1.807, 2.05) is 0 Å². The number of amides is 1. The fraction of sp³-hybridized carbons (Fsp3) is 0.857. The predicted molar refractivity (Wildman–Crippen MR) is 83.0 cm³/mol. The molecule has 4 aliphatic rings. The summed E-state index contributed by atoms with van der Waals surface area (Å²) < 4.78 is 23.9. The Labute approximate surface area is 129 Å². The maximum atomic E-state index is 11.9. The second-order valence-electron chi connectivity index (χ2n) is 6.86. The topological polar surface area (TPSA) is 66.8 Å². The number of thioether (sulfide) groups is 1. The molecule has 0 aromatic carbocycles. The van der Waals surface area contributed by atoms with E-state index in [1.165, 1.54) is 37.9 Å². The maximum Gasteiger partial charge on any atom is 0.244 e. The van der Waals surface area contributed by atoms with Crippen molar-refractivity contribution in [2.45, 2.75) is 49.9 Å². The highest BCUT2D eigenvalue weighted by atomic mass is 32.2. The van der Waals surface area contributed by atoms with Crippen molar-refractivity contribution in [2.75, 3.05) is 11.5 Å². The highest BCUT2D eigenvalue weighted by molar-refractivity contribution is 8.15.